The van der Waals surface area contributed by atoms with Gasteiger partial charge in [-0.05, 0) is 25.3 Å². The third-order valence-electron chi connectivity index (χ3n) is 4.21. The van der Waals surface area contributed by atoms with Crippen LogP contribution in [0.4, 0.5) is 0 Å². The molecule has 0 bridgehead atoms. The number of carbonyl (C=O) groups is 3. The predicted octanol–water partition coefficient (Wildman–Crippen LogP) is 1.06. The van der Waals surface area contributed by atoms with Crippen LogP contribution in [0.15, 0.2) is 30.3 Å². The van der Waals surface area contributed by atoms with Gasteiger partial charge in [-0.15, -0.1) is 0 Å². The summed E-state index contributed by atoms with van der Waals surface area (Å²) in [6.07, 6.45) is 1.44. The van der Waals surface area contributed by atoms with Crippen LogP contribution < -0.4 is 5.32 Å². The second-order valence-electron chi connectivity index (χ2n) is 6.22. The number of likely N-dealkylation sites (tertiary alicyclic amines) is 1. The van der Waals surface area contributed by atoms with E-state index in [9.17, 15) is 19.5 Å². The molecule has 6 nitrogen and oxygen atoms in total. The summed E-state index contributed by atoms with van der Waals surface area (Å²) in [5.74, 6) is -1.34. The van der Waals surface area contributed by atoms with E-state index < -0.39 is 11.4 Å². The van der Waals surface area contributed by atoms with E-state index in [1.54, 1.807) is 6.92 Å². The maximum absolute atomic E-state index is 12.2. The highest BCUT2D eigenvalue weighted by atomic mass is 16.4. The van der Waals surface area contributed by atoms with Crippen LogP contribution in [-0.4, -0.2) is 47.4 Å². The molecule has 1 aliphatic rings. The molecule has 0 radical (unpaired) electrons. The first-order chi connectivity index (χ1) is 10.9. The van der Waals surface area contributed by atoms with E-state index >= 15 is 0 Å². The minimum Gasteiger partial charge on any atom is -0.481 e. The molecular weight excluding hydrogens is 296 g/mol. The van der Waals surface area contributed by atoms with Gasteiger partial charge in [0, 0.05) is 13.1 Å². The van der Waals surface area contributed by atoms with Crippen LogP contribution in [-0.2, 0) is 20.8 Å². The molecule has 0 spiro atoms. The molecule has 1 aliphatic heterocycles. The first-order valence-electron chi connectivity index (χ1n) is 7.72. The number of hydrogen-bond donors (Lipinski definition) is 2. The fourth-order valence-corrected chi connectivity index (χ4v) is 2.76. The topological polar surface area (TPSA) is 86.7 Å². The number of carboxylic acid groups (broad SMARTS) is 1. The Kier molecular flexibility index (Phi) is 5.36. The normalized spacial score (nSPS) is 20.8. The number of piperidine rings is 1. The summed E-state index contributed by atoms with van der Waals surface area (Å²) in [5.41, 5.74) is -0.0176. The molecule has 1 atom stereocenters. The third kappa shape index (κ3) is 4.55. The van der Waals surface area contributed by atoms with Gasteiger partial charge in [0.1, 0.15) is 0 Å². The van der Waals surface area contributed by atoms with E-state index in [1.165, 1.54) is 4.90 Å². The fraction of sp³-hybridized carbons (Fsp3) is 0.471. The van der Waals surface area contributed by atoms with Crippen LogP contribution in [0.5, 0.6) is 0 Å². The Bertz CT molecular complexity index is 588. The molecule has 1 heterocycles. The standard InChI is InChI=1S/C17H22N2O4/c1-17(16(22)23)8-5-9-19(12-17)15(21)11-18-14(20)10-13-6-3-2-4-7-13/h2-4,6-7H,5,8-12H2,1H3,(H,18,20)(H,22,23). The highest BCUT2D eigenvalue weighted by molar-refractivity contribution is 5.86. The number of nitrogens with one attached hydrogen (secondary N) is 1. The van der Waals surface area contributed by atoms with Crippen molar-refractivity contribution in [3.63, 3.8) is 0 Å². The Balaban J connectivity index is 1.82. The lowest BCUT2D eigenvalue weighted by molar-refractivity contribution is -0.153. The van der Waals surface area contributed by atoms with Gasteiger partial charge < -0.3 is 15.3 Å². The molecule has 1 aromatic carbocycles. The second kappa shape index (κ2) is 7.26. The molecule has 2 rings (SSSR count). The van der Waals surface area contributed by atoms with Crippen molar-refractivity contribution < 1.29 is 19.5 Å². The smallest absolute Gasteiger partial charge is 0.311 e. The Morgan fingerprint density at radius 2 is 1.96 bits per heavy atom. The van der Waals surface area contributed by atoms with E-state index in [0.717, 1.165) is 5.56 Å². The van der Waals surface area contributed by atoms with Gasteiger partial charge in [-0.25, -0.2) is 0 Å². The first-order valence-corrected chi connectivity index (χ1v) is 7.72. The lowest BCUT2D eigenvalue weighted by Gasteiger charge is -2.37. The molecule has 124 valence electrons. The average molecular weight is 318 g/mol. The van der Waals surface area contributed by atoms with Crippen molar-refractivity contribution in [1.29, 1.82) is 0 Å². The summed E-state index contributed by atoms with van der Waals surface area (Å²) in [6.45, 7) is 2.29. The SMILES string of the molecule is CC1(C(=O)O)CCCN(C(=O)CNC(=O)Cc2ccccc2)C1. The number of amides is 2. The largest absolute Gasteiger partial charge is 0.481 e. The molecule has 0 aliphatic carbocycles. The predicted molar refractivity (Wildman–Crippen MR) is 84.7 cm³/mol. The van der Waals surface area contributed by atoms with Gasteiger partial charge in [0.2, 0.25) is 11.8 Å². The Labute approximate surface area is 135 Å². The van der Waals surface area contributed by atoms with E-state index in [1.807, 2.05) is 30.3 Å². The summed E-state index contributed by atoms with van der Waals surface area (Å²) in [4.78, 5) is 36.9. The van der Waals surface area contributed by atoms with Crippen molar-refractivity contribution in [2.75, 3.05) is 19.6 Å². The number of rotatable bonds is 5. The molecule has 1 unspecified atom stereocenters. The number of aliphatic carboxylic acids is 1. The zero-order valence-electron chi connectivity index (χ0n) is 13.2. The van der Waals surface area contributed by atoms with E-state index in [-0.39, 0.29) is 31.3 Å². The monoisotopic (exact) mass is 318 g/mol. The van der Waals surface area contributed by atoms with Gasteiger partial charge >= 0.3 is 5.97 Å². The van der Waals surface area contributed by atoms with Gasteiger partial charge in [-0.1, -0.05) is 30.3 Å². The van der Waals surface area contributed by atoms with E-state index in [0.29, 0.717) is 19.4 Å². The number of hydrogen-bond acceptors (Lipinski definition) is 3. The quantitative estimate of drug-likeness (QED) is 0.850. The van der Waals surface area contributed by atoms with Gasteiger partial charge in [0.25, 0.3) is 0 Å². The Morgan fingerprint density at radius 1 is 1.26 bits per heavy atom. The average Bonchev–Trinajstić information content (AvgIpc) is 2.53. The van der Waals surface area contributed by atoms with Crippen molar-refractivity contribution in [2.24, 2.45) is 5.41 Å². The number of carboxylic acids is 1. The Morgan fingerprint density at radius 3 is 2.61 bits per heavy atom. The summed E-state index contributed by atoms with van der Waals surface area (Å²) < 4.78 is 0. The van der Waals surface area contributed by atoms with Crippen molar-refractivity contribution in [2.45, 2.75) is 26.2 Å². The summed E-state index contributed by atoms with van der Waals surface area (Å²) in [7, 11) is 0. The van der Waals surface area contributed by atoms with Gasteiger partial charge in [-0.2, -0.15) is 0 Å². The molecule has 1 saturated heterocycles. The fourth-order valence-electron chi connectivity index (χ4n) is 2.76. The summed E-state index contributed by atoms with van der Waals surface area (Å²) >= 11 is 0. The molecule has 1 fully saturated rings. The molecule has 23 heavy (non-hydrogen) atoms. The Hall–Kier alpha value is -2.37. The first kappa shape index (κ1) is 17.0. The molecule has 0 aromatic heterocycles. The van der Waals surface area contributed by atoms with Crippen molar-refractivity contribution in [3.8, 4) is 0 Å². The van der Waals surface area contributed by atoms with E-state index in [4.69, 9.17) is 0 Å². The number of nitrogens with zero attached hydrogens (tertiary/aromatic N) is 1. The van der Waals surface area contributed by atoms with Crippen LogP contribution in [0.3, 0.4) is 0 Å². The molecule has 1 aromatic rings. The van der Waals surface area contributed by atoms with Crippen molar-refractivity contribution in [3.05, 3.63) is 35.9 Å². The van der Waals surface area contributed by atoms with Gasteiger partial charge in [-0.3, -0.25) is 14.4 Å². The maximum Gasteiger partial charge on any atom is 0.311 e. The second-order valence-corrected chi connectivity index (χ2v) is 6.22. The molecule has 2 amide bonds. The minimum absolute atomic E-state index is 0.0959. The van der Waals surface area contributed by atoms with Crippen LogP contribution >= 0.6 is 0 Å². The van der Waals surface area contributed by atoms with Crippen LogP contribution in [0, 0.1) is 5.41 Å². The zero-order chi connectivity index (χ0) is 16.9. The molecule has 6 heteroatoms. The molecule has 0 saturated carbocycles. The van der Waals surface area contributed by atoms with E-state index in [2.05, 4.69) is 5.32 Å². The van der Waals surface area contributed by atoms with Gasteiger partial charge in [0.15, 0.2) is 0 Å². The molecular formula is C17H22N2O4. The van der Waals surface area contributed by atoms with Crippen LogP contribution in [0.2, 0.25) is 0 Å². The maximum atomic E-state index is 12.2. The van der Waals surface area contributed by atoms with Crippen LogP contribution in [0.1, 0.15) is 25.3 Å². The highest BCUT2D eigenvalue weighted by Gasteiger charge is 2.39. The van der Waals surface area contributed by atoms with Crippen molar-refractivity contribution in [1.82, 2.24) is 10.2 Å². The minimum atomic E-state index is -0.901. The zero-order valence-corrected chi connectivity index (χ0v) is 13.2. The van der Waals surface area contributed by atoms with Crippen molar-refractivity contribution >= 4 is 17.8 Å². The number of benzene rings is 1. The third-order valence-corrected chi connectivity index (χ3v) is 4.21. The lowest BCUT2D eigenvalue weighted by atomic mass is 9.82. The molecule has 2 N–H and O–H groups in total. The number of carbonyl (C=O) groups excluding carboxylic acids is 2. The summed E-state index contributed by atoms with van der Waals surface area (Å²) in [5, 5.41) is 11.9. The van der Waals surface area contributed by atoms with Crippen LogP contribution in [0.25, 0.3) is 0 Å². The summed E-state index contributed by atoms with van der Waals surface area (Å²) in [6, 6.07) is 9.29. The van der Waals surface area contributed by atoms with Gasteiger partial charge in [0.05, 0.1) is 18.4 Å². The highest BCUT2D eigenvalue weighted by Crippen LogP contribution is 2.29. The lowest BCUT2D eigenvalue weighted by Crippen LogP contribution is -2.51.